The number of amides is 2. The fourth-order valence-electron chi connectivity index (χ4n) is 8.15. The summed E-state index contributed by atoms with van der Waals surface area (Å²) in [7, 11) is 0. The summed E-state index contributed by atoms with van der Waals surface area (Å²) in [6.07, 6.45) is 41.1. The number of nitrogens with one attached hydrogen (secondary N) is 2. The van der Waals surface area contributed by atoms with Crippen LogP contribution in [0.1, 0.15) is 219 Å². The molecule has 0 heterocycles. The Morgan fingerprint density at radius 2 is 0.683 bits per heavy atom. The van der Waals surface area contributed by atoms with E-state index in [1.165, 1.54) is 178 Å². The summed E-state index contributed by atoms with van der Waals surface area (Å²) in [6, 6.07) is 0. The quantitative estimate of drug-likeness (QED) is 0.0290. The highest BCUT2D eigenvalue weighted by atomic mass is 16.4. The van der Waals surface area contributed by atoms with Crippen LogP contribution in [-0.4, -0.2) is 132 Å². The van der Waals surface area contributed by atoms with E-state index in [9.17, 15) is 39.3 Å². The molecule has 63 heavy (non-hydrogen) atoms. The molecule has 0 atom stereocenters. The monoisotopic (exact) mass is 896 g/mol. The highest BCUT2D eigenvalue weighted by Gasteiger charge is 2.24. The van der Waals surface area contributed by atoms with E-state index >= 15 is 0 Å². The number of carbonyl (C=O) groups excluding carboxylic acids is 2. The first-order chi connectivity index (χ1) is 30.6. The van der Waals surface area contributed by atoms with Gasteiger partial charge in [-0.25, -0.2) is 4.79 Å². The minimum absolute atomic E-state index is 0.0101. The van der Waals surface area contributed by atoms with Crippen molar-refractivity contribution < 1.29 is 39.3 Å². The third-order valence-electron chi connectivity index (χ3n) is 12.1. The molecule has 2 amide bonds. The van der Waals surface area contributed by atoms with Crippen molar-refractivity contribution in [2.75, 3.05) is 72.0 Å². The van der Waals surface area contributed by atoms with Gasteiger partial charge in [0.15, 0.2) is 0 Å². The lowest BCUT2D eigenvalue weighted by molar-refractivity contribution is -0.156. The first-order valence-corrected chi connectivity index (χ1v) is 26.0. The first kappa shape index (κ1) is 60.2. The van der Waals surface area contributed by atoms with Crippen LogP contribution in [0.25, 0.3) is 0 Å². The number of hydrogen-bond acceptors (Lipinski definition) is 8. The second-order valence-electron chi connectivity index (χ2n) is 18.1. The van der Waals surface area contributed by atoms with E-state index < -0.39 is 36.3 Å². The molecular formula is C50H97N5O8. The van der Waals surface area contributed by atoms with Crippen molar-refractivity contribution >= 4 is 29.7 Å². The van der Waals surface area contributed by atoms with Crippen molar-refractivity contribution in [3.63, 3.8) is 0 Å². The first-order valence-electron chi connectivity index (χ1n) is 26.0. The van der Waals surface area contributed by atoms with Crippen LogP contribution in [0.15, 0.2) is 0 Å². The van der Waals surface area contributed by atoms with Crippen LogP contribution >= 0.6 is 0 Å². The van der Waals surface area contributed by atoms with Crippen LogP contribution in [0.2, 0.25) is 0 Å². The minimum atomic E-state index is -1.69. The van der Waals surface area contributed by atoms with Crippen LogP contribution in [0.3, 0.4) is 0 Å². The van der Waals surface area contributed by atoms with Crippen LogP contribution in [0.5, 0.6) is 0 Å². The van der Waals surface area contributed by atoms with Crippen molar-refractivity contribution in [2.45, 2.75) is 219 Å². The molecule has 0 bridgehead atoms. The van der Waals surface area contributed by atoms with Crippen LogP contribution in [0.4, 0.5) is 0 Å². The van der Waals surface area contributed by atoms with Crippen LogP contribution in [0, 0.1) is 0 Å². The Morgan fingerprint density at radius 1 is 0.365 bits per heavy atom. The molecule has 0 aliphatic carbocycles. The number of rotatable bonds is 49. The number of carboxylic acids is 3. The molecule has 0 unspecified atom stereocenters. The third-order valence-corrected chi connectivity index (χ3v) is 12.1. The molecule has 370 valence electrons. The Hall–Kier alpha value is -2.77. The zero-order chi connectivity index (χ0) is 46.4. The van der Waals surface area contributed by atoms with E-state index in [-0.39, 0.29) is 39.3 Å². The second-order valence-corrected chi connectivity index (χ2v) is 18.1. The van der Waals surface area contributed by atoms with Gasteiger partial charge in [0, 0.05) is 45.8 Å². The smallest absolute Gasteiger partial charge is 0.394 e. The van der Waals surface area contributed by atoms with E-state index in [0.29, 0.717) is 19.6 Å². The number of unbranched alkanes of at least 4 members (excludes halogenated alkanes) is 30. The van der Waals surface area contributed by atoms with Crippen molar-refractivity contribution in [1.82, 2.24) is 25.3 Å². The molecule has 13 heteroatoms. The maximum Gasteiger partial charge on any atom is 0.394 e. The number of carboxylic acid groups (broad SMARTS) is 3. The van der Waals surface area contributed by atoms with E-state index in [2.05, 4.69) is 24.5 Å². The van der Waals surface area contributed by atoms with Crippen molar-refractivity contribution in [3.05, 3.63) is 0 Å². The number of aliphatic carboxylic acids is 3. The molecule has 0 aliphatic heterocycles. The summed E-state index contributed by atoms with van der Waals surface area (Å²) in [4.78, 5) is 64.3. The largest absolute Gasteiger partial charge is 0.480 e. The number of carbonyl (C=O) groups is 5. The van der Waals surface area contributed by atoms with Gasteiger partial charge in [0.1, 0.15) is 6.54 Å². The van der Waals surface area contributed by atoms with Gasteiger partial charge in [-0.1, -0.05) is 206 Å². The Balaban J connectivity index is 4.36. The lowest BCUT2D eigenvalue weighted by Crippen LogP contribution is -2.48. The zero-order valence-corrected chi connectivity index (χ0v) is 40.6. The molecule has 0 saturated carbocycles. The van der Waals surface area contributed by atoms with Gasteiger partial charge in [-0.3, -0.25) is 29.0 Å². The Morgan fingerprint density at radius 3 is 1.03 bits per heavy atom. The van der Waals surface area contributed by atoms with Gasteiger partial charge in [0.2, 0.25) is 5.91 Å². The molecule has 0 aromatic rings. The zero-order valence-electron chi connectivity index (χ0n) is 40.6. The molecule has 0 rings (SSSR count). The molecule has 0 aliphatic rings. The Bertz CT molecular complexity index is 1110. The number of hydrogen-bond donors (Lipinski definition) is 5. The molecule has 0 radical (unpaired) electrons. The average molecular weight is 896 g/mol. The van der Waals surface area contributed by atoms with E-state index in [0.717, 1.165) is 43.5 Å². The summed E-state index contributed by atoms with van der Waals surface area (Å²) >= 11 is 0. The summed E-state index contributed by atoms with van der Waals surface area (Å²) in [5.41, 5.74) is 0. The maximum atomic E-state index is 12.7. The summed E-state index contributed by atoms with van der Waals surface area (Å²) in [5.74, 6) is -5.47. The minimum Gasteiger partial charge on any atom is -0.480 e. The van der Waals surface area contributed by atoms with Crippen molar-refractivity contribution in [3.8, 4) is 0 Å². The lowest BCUT2D eigenvalue weighted by atomic mass is 10.0. The van der Waals surface area contributed by atoms with Gasteiger partial charge in [0.05, 0.1) is 13.1 Å². The lowest BCUT2D eigenvalue weighted by Gasteiger charge is -2.28. The SMILES string of the molecule is CCCCCCCCCCCCCCCCCCNCCN(CCN(CCN(CC(=O)NCCCCCCCCCCCCCCCCCC)C(=O)C(=O)O)CC(=O)O)CC(=O)O. The predicted molar refractivity (Wildman–Crippen MR) is 257 cm³/mol. The Kier molecular flexibility index (Phi) is 43.8. The fourth-order valence-corrected chi connectivity index (χ4v) is 8.15. The highest BCUT2D eigenvalue weighted by Crippen LogP contribution is 2.15. The number of nitrogens with zero attached hydrogens (tertiary/aromatic N) is 3. The summed E-state index contributed by atoms with van der Waals surface area (Å²) in [6.45, 7) is 6.16. The topological polar surface area (TPSA) is 180 Å². The van der Waals surface area contributed by atoms with Crippen molar-refractivity contribution in [2.24, 2.45) is 0 Å². The van der Waals surface area contributed by atoms with Crippen molar-refractivity contribution in [1.29, 1.82) is 0 Å². The molecule has 13 nitrogen and oxygen atoms in total. The van der Waals surface area contributed by atoms with Gasteiger partial charge >= 0.3 is 23.8 Å². The van der Waals surface area contributed by atoms with Gasteiger partial charge in [-0.15, -0.1) is 0 Å². The molecule has 0 aromatic carbocycles. The van der Waals surface area contributed by atoms with Crippen LogP contribution in [-0.2, 0) is 24.0 Å². The normalized spacial score (nSPS) is 11.4. The van der Waals surface area contributed by atoms with Gasteiger partial charge in [-0.05, 0) is 19.4 Å². The van der Waals surface area contributed by atoms with E-state index in [1.54, 1.807) is 4.90 Å². The molecular weight excluding hydrogens is 799 g/mol. The van der Waals surface area contributed by atoms with Gasteiger partial charge < -0.3 is 30.9 Å². The van der Waals surface area contributed by atoms with Gasteiger partial charge in [0.25, 0.3) is 0 Å². The Labute approximate surface area is 384 Å². The fraction of sp³-hybridized carbons (Fsp3) is 0.900. The van der Waals surface area contributed by atoms with Crippen LogP contribution < -0.4 is 10.6 Å². The standard InChI is InChI=1S/C50H97N5O8/c1-3-5-7-9-11-13-15-17-19-21-23-25-27-29-31-33-35-51-37-38-53(44-47(57)58)39-40-54(45-48(59)60)41-42-55(49(61)50(62)63)43-46(56)52-36-34-32-30-28-26-24-22-20-18-16-14-12-10-8-6-4-2/h51H,3-45H2,1-2H3,(H,52,56)(H,57,58)(H,59,60)(H,62,63). The molecule has 0 spiro atoms. The summed E-state index contributed by atoms with van der Waals surface area (Å²) in [5, 5.41) is 34.7. The second kappa shape index (κ2) is 45.8. The molecule has 0 aromatic heterocycles. The summed E-state index contributed by atoms with van der Waals surface area (Å²) < 4.78 is 0. The predicted octanol–water partition coefficient (Wildman–Crippen LogP) is 9.90. The van der Waals surface area contributed by atoms with E-state index in [4.69, 9.17) is 0 Å². The molecule has 0 fully saturated rings. The highest BCUT2D eigenvalue weighted by molar-refractivity contribution is 6.31. The van der Waals surface area contributed by atoms with E-state index in [1.807, 2.05) is 0 Å². The van der Waals surface area contributed by atoms with Gasteiger partial charge in [-0.2, -0.15) is 0 Å². The third kappa shape index (κ3) is 42.9. The average Bonchev–Trinajstić information content (AvgIpc) is 3.25. The molecule has 5 N–H and O–H groups in total. The molecule has 0 saturated heterocycles. The maximum absolute atomic E-state index is 12.7.